The van der Waals surface area contributed by atoms with E-state index < -0.39 is 11.9 Å². The molecule has 0 aliphatic rings. The van der Waals surface area contributed by atoms with Gasteiger partial charge in [-0.25, -0.2) is 0 Å². The summed E-state index contributed by atoms with van der Waals surface area (Å²) in [4.78, 5) is 27.6. The van der Waals surface area contributed by atoms with Crippen LogP contribution in [-0.4, -0.2) is 28.6 Å². The van der Waals surface area contributed by atoms with Crippen LogP contribution >= 0.6 is 0 Å². The number of carboxylic acids is 1. The van der Waals surface area contributed by atoms with Gasteiger partial charge in [-0.15, -0.1) is 0 Å². The second-order valence-corrected chi connectivity index (χ2v) is 6.44. The number of unbranched alkanes of at least 4 members (excludes halogenated alkanes) is 1. The van der Waals surface area contributed by atoms with E-state index in [0.29, 0.717) is 31.6 Å². The average molecular weight is 365 g/mol. The Kier molecular flexibility index (Phi) is 9.70. The molecule has 0 saturated heterocycles. The molecule has 1 aromatic rings. The molecule has 26 heavy (non-hydrogen) atoms. The zero-order valence-electron chi connectivity index (χ0n) is 16.3. The molecule has 1 atom stereocenters. The maximum atomic E-state index is 11.8. The van der Waals surface area contributed by atoms with Crippen LogP contribution in [0.4, 0.5) is 0 Å². The molecule has 0 amide bonds. The van der Waals surface area contributed by atoms with Crippen molar-refractivity contribution in [1.82, 2.24) is 4.98 Å². The van der Waals surface area contributed by atoms with Gasteiger partial charge in [0.1, 0.15) is 12.4 Å². The van der Waals surface area contributed by atoms with Crippen molar-refractivity contribution in [2.75, 3.05) is 6.61 Å². The van der Waals surface area contributed by atoms with Crippen molar-refractivity contribution >= 4 is 11.9 Å². The SMILES string of the molecule is CCCCOc1c(C)ncc(CC(CC)C(=O)O)c1COC(=O)CCC. The van der Waals surface area contributed by atoms with Crippen LogP contribution in [0, 0.1) is 12.8 Å². The summed E-state index contributed by atoms with van der Waals surface area (Å²) in [7, 11) is 0. The van der Waals surface area contributed by atoms with Gasteiger partial charge in [0.2, 0.25) is 0 Å². The van der Waals surface area contributed by atoms with Gasteiger partial charge in [-0.05, 0) is 38.2 Å². The summed E-state index contributed by atoms with van der Waals surface area (Å²) in [6.45, 7) is 8.32. The molecular weight excluding hydrogens is 334 g/mol. The number of hydrogen-bond donors (Lipinski definition) is 1. The van der Waals surface area contributed by atoms with E-state index in [4.69, 9.17) is 9.47 Å². The minimum atomic E-state index is -0.838. The Hall–Kier alpha value is -2.11. The van der Waals surface area contributed by atoms with Crippen molar-refractivity contribution < 1.29 is 24.2 Å². The van der Waals surface area contributed by atoms with Gasteiger partial charge in [0.15, 0.2) is 0 Å². The molecule has 1 rings (SSSR count). The zero-order chi connectivity index (χ0) is 19.5. The minimum absolute atomic E-state index is 0.0784. The third kappa shape index (κ3) is 6.65. The number of aliphatic carboxylic acids is 1. The number of pyridine rings is 1. The highest BCUT2D eigenvalue weighted by Gasteiger charge is 2.22. The first-order chi connectivity index (χ1) is 12.4. The smallest absolute Gasteiger partial charge is 0.306 e. The van der Waals surface area contributed by atoms with E-state index in [0.717, 1.165) is 36.1 Å². The minimum Gasteiger partial charge on any atom is -0.491 e. The number of carboxylic acid groups (broad SMARTS) is 1. The van der Waals surface area contributed by atoms with Crippen LogP contribution in [0.25, 0.3) is 0 Å². The number of esters is 1. The Balaban J connectivity index is 3.14. The number of rotatable bonds is 12. The molecule has 0 aliphatic carbocycles. The van der Waals surface area contributed by atoms with Gasteiger partial charge in [0.25, 0.3) is 0 Å². The summed E-state index contributed by atoms with van der Waals surface area (Å²) in [5.74, 6) is -0.998. The molecule has 1 N–H and O–H groups in total. The van der Waals surface area contributed by atoms with Crippen molar-refractivity contribution in [3.63, 3.8) is 0 Å². The Labute approximate surface area is 155 Å². The predicted molar refractivity (Wildman–Crippen MR) is 99.2 cm³/mol. The summed E-state index contributed by atoms with van der Waals surface area (Å²) in [5, 5.41) is 9.37. The lowest BCUT2D eigenvalue weighted by atomic mass is 9.94. The Morgan fingerprint density at radius 3 is 2.54 bits per heavy atom. The monoisotopic (exact) mass is 365 g/mol. The standard InChI is InChI=1S/C20H31NO5/c1-5-8-10-25-19-14(4)21-12-16(11-15(7-3)20(23)24)17(19)13-26-18(22)9-6-2/h12,15H,5-11,13H2,1-4H3,(H,23,24). The van der Waals surface area contributed by atoms with Crippen molar-refractivity contribution in [3.05, 3.63) is 23.0 Å². The van der Waals surface area contributed by atoms with Crippen LogP contribution in [0.3, 0.4) is 0 Å². The summed E-state index contributed by atoms with van der Waals surface area (Å²) in [6.07, 6.45) is 5.52. The molecule has 0 fully saturated rings. The van der Waals surface area contributed by atoms with E-state index >= 15 is 0 Å². The molecule has 6 heteroatoms. The Bertz CT molecular complexity index is 600. The van der Waals surface area contributed by atoms with Gasteiger partial charge in [0.05, 0.1) is 18.2 Å². The van der Waals surface area contributed by atoms with E-state index in [1.165, 1.54) is 0 Å². The largest absolute Gasteiger partial charge is 0.491 e. The predicted octanol–water partition coefficient (Wildman–Crippen LogP) is 4.07. The molecular formula is C20H31NO5. The molecule has 0 aromatic carbocycles. The second-order valence-electron chi connectivity index (χ2n) is 6.44. The van der Waals surface area contributed by atoms with Gasteiger partial charge in [0, 0.05) is 18.2 Å². The zero-order valence-corrected chi connectivity index (χ0v) is 16.3. The lowest BCUT2D eigenvalue weighted by molar-refractivity contribution is -0.145. The molecule has 0 bridgehead atoms. The normalized spacial score (nSPS) is 11.8. The molecule has 6 nitrogen and oxygen atoms in total. The number of aromatic nitrogens is 1. The molecule has 1 heterocycles. The molecule has 1 aromatic heterocycles. The molecule has 0 spiro atoms. The van der Waals surface area contributed by atoms with Crippen molar-refractivity contribution in [1.29, 1.82) is 0 Å². The van der Waals surface area contributed by atoms with E-state index in [9.17, 15) is 14.7 Å². The van der Waals surface area contributed by atoms with Crippen LogP contribution in [-0.2, 0) is 27.4 Å². The highest BCUT2D eigenvalue weighted by atomic mass is 16.5. The first-order valence-corrected chi connectivity index (χ1v) is 9.43. The first-order valence-electron chi connectivity index (χ1n) is 9.43. The topological polar surface area (TPSA) is 85.7 Å². The lowest BCUT2D eigenvalue weighted by Crippen LogP contribution is -2.18. The molecule has 146 valence electrons. The lowest BCUT2D eigenvalue weighted by Gasteiger charge is -2.19. The fourth-order valence-corrected chi connectivity index (χ4v) is 2.62. The van der Waals surface area contributed by atoms with Gasteiger partial charge >= 0.3 is 11.9 Å². The fraction of sp³-hybridized carbons (Fsp3) is 0.650. The number of carbonyl (C=O) groups is 2. The van der Waals surface area contributed by atoms with Gasteiger partial charge < -0.3 is 14.6 Å². The van der Waals surface area contributed by atoms with E-state index in [2.05, 4.69) is 11.9 Å². The van der Waals surface area contributed by atoms with E-state index in [-0.39, 0.29) is 12.6 Å². The van der Waals surface area contributed by atoms with E-state index in [1.54, 1.807) is 6.20 Å². The van der Waals surface area contributed by atoms with Gasteiger partial charge in [-0.3, -0.25) is 14.6 Å². The number of aryl methyl sites for hydroxylation is 1. The summed E-state index contributed by atoms with van der Waals surface area (Å²) >= 11 is 0. The molecule has 1 unspecified atom stereocenters. The van der Waals surface area contributed by atoms with Crippen LogP contribution < -0.4 is 4.74 Å². The number of carbonyl (C=O) groups excluding carboxylic acids is 1. The summed E-state index contributed by atoms with van der Waals surface area (Å²) in [6, 6.07) is 0. The first kappa shape index (κ1) is 21.9. The maximum absolute atomic E-state index is 11.8. The molecule has 0 aliphatic heterocycles. The summed E-state index contributed by atoms with van der Waals surface area (Å²) in [5.41, 5.74) is 2.22. The van der Waals surface area contributed by atoms with Crippen LogP contribution in [0.1, 0.15) is 69.7 Å². The Morgan fingerprint density at radius 2 is 1.96 bits per heavy atom. The van der Waals surface area contributed by atoms with Crippen molar-refractivity contribution in [2.24, 2.45) is 5.92 Å². The molecule has 0 saturated carbocycles. The third-order valence-electron chi connectivity index (χ3n) is 4.29. The Morgan fingerprint density at radius 1 is 1.23 bits per heavy atom. The highest BCUT2D eigenvalue weighted by Crippen LogP contribution is 2.29. The number of nitrogens with zero attached hydrogens (tertiary/aromatic N) is 1. The van der Waals surface area contributed by atoms with Crippen molar-refractivity contribution in [2.45, 2.75) is 72.8 Å². The fourth-order valence-electron chi connectivity index (χ4n) is 2.62. The third-order valence-corrected chi connectivity index (χ3v) is 4.29. The summed E-state index contributed by atoms with van der Waals surface area (Å²) < 4.78 is 11.3. The molecule has 0 radical (unpaired) electrons. The van der Waals surface area contributed by atoms with E-state index in [1.807, 2.05) is 20.8 Å². The quantitative estimate of drug-likeness (QED) is 0.444. The van der Waals surface area contributed by atoms with Gasteiger partial charge in [-0.2, -0.15) is 0 Å². The van der Waals surface area contributed by atoms with Gasteiger partial charge in [-0.1, -0.05) is 27.2 Å². The number of hydrogen-bond acceptors (Lipinski definition) is 5. The maximum Gasteiger partial charge on any atom is 0.306 e. The van der Waals surface area contributed by atoms with Crippen LogP contribution in [0.2, 0.25) is 0 Å². The van der Waals surface area contributed by atoms with Crippen LogP contribution in [0.15, 0.2) is 6.20 Å². The highest BCUT2D eigenvalue weighted by molar-refractivity contribution is 5.71. The number of ether oxygens (including phenoxy) is 2. The van der Waals surface area contributed by atoms with Crippen molar-refractivity contribution in [3.8, 4) is 5.75 Å². The van der Waals surface area contributed by atoms with Crippen LogP contribution in [0.5, 0.6) is 5.75 Å². The second kappa shape index (κ2) is 11.5. The average Bonchev–Trinajstić information content (AvgIpc) is 2.60.